The van der Waals surface area contributed by atoms with Gasteiger partial charge in [-0.25, -0.2) is 0 Å². The zero-order valence-electron chi connectivity index (χ0n) is 19.3. The van der Waals surface area contributed by atoms with E-state index in [1.807, 2.05) is 31.2 Å². The number of amides is 1. The van der Waals surface area contributed by atoms with Crippen molar-refractivity contribution in [1.29, 1.82) is 5.26 Å². The lowest BCUT2D eigenvalue weighted by molar-refractivity contribution is -0.128. The van der Waals surface area contributed by atoms with Crippen LogP contribution in [0.1, 0.15) is 25.0 Å². The highest BCUT2D eigenvalue weighted by atomic mass is 16.2. The minimum atomic E-state index is -0.211. The van der Waals surface area contributed by atoms with E-state index >= 15 is 0 Å². The third kappa shape index (κ3) is 5.89. The van der Waals surface area contributed by atoms with E-state index in [1.165, 1.54) is 17.5 Å². The fourth-order valence-electron chi connectivity index (χ4n) is 4.01. The van der Waals surface area contributed by atoms with Crippen LogP contribution >= 0.6 is 0 Å². The van der Waals surface area contributed by atoms with E-state index in [2.05, 4.69) is 59.3 Å². The summed E-state index contributed by atoms with van der Waals surface area (Å²) in [5.74, 6) is -0.211. The molecule has 1 heterocycles. The Labute approximate surface area is 191 Å². The van der Waals surface area contributed by atoms with Crippen molar-refractivity contribution in [3.63, 3.8) is 0 Å². The molecule has 0 saturated carbocycles. The van der Waals surface area contributed by atoms with Crippen molar-refractivity contribution in [2.75, 3.05) is 49.5 Å². The largest absolute Gasteiger partial charge is 0.372 e. The van der Waals surface area contributed by atoms with E-state index in [0.717, 1.165) is 44.0 Å². The molecule has 32 heavy (non-hydrogen) atoms. The summed E-state index contributed by atoms with van der Waals surface area (Å²) in [5, 5.41) is 12.7. The Morgan fingerprint density at radius 2 is 1.78 bits per heavy atom. The first-order valence-corrected chi connectivity index (χ1v) is 11.3. The molecular weight excluding hydrogens is 398 g/mol. The van der Waals surface area contributed by atoms with E-state index in [0.29, 0.717) is 13.1 Å². The van der Waals surface area contributed by atoms with Gasteiger partial charge >= 0.3 is 0 Å². The average molecular weight is 432 g/mol. The molecule has 6 heteroatoms. The highest BCUT2D eigenvalue weighted by Gasteiger charge is 2.23. The molecule has 0 spiro atoms. The van der Waals surface area contributed by atoms with Gasteiger partial charge in [0.05, 0.1) is 0 Å². The standard InChI is InChI=1S/C26H33N5O/c1-4-30(5-2)24-11-12-25(21(3)17-24)28-19-23(18-27)26(32)31-15-13-29(14-16-31)20-22-9-7-6-8-10-22/h6-12,17,19,28H,4-5,13-16,20H2,1-3H3/b23-19-. The molecule has 0 aliphatic carbocycles. The quantitative estimate of drug-likeness (QED) is 0.506. The van der Waals surface area contributed by atoms with Crippen LogP contribution in [0, 0.1) is 18.3 Å². The zero-order valence-corrected chi connectivity index (χ0v) is 19.3. The van der Waals surface area contributed by atoms with Gasteiger partial charge in [0, 0.05) is 63.4 Å². The Morgan fingerprint density at radius 3 is 2.38 bits per heavy atom. The molecule has 1 fully saturated rings. The fraction of sp³-hybridized carbons (Fsp3) is 0.385. The maximum absolute atomic E-state index is 12.9. The van der Waals surface area contributed by atoms with Crippen LogP contribution in [0.2, 0.25) is 0 Å². The van der Waals surface area contributed by atoms with Crippen LogP contribution in [-0.4, -0.2) is 55.0 Å². The number of anilines is 2. The van der Waals surface area contributed by atoms with Crippen LogP contribution in [0.25, 0.3) is 0 Å². The monoisotopic (exact) mass is 431 g/mol. The number of carbonyl (C=O) groups is 1. The lowest BCUT2D eigenvalue weighted by Gasteiger charge is -2.34. The third-order valence-corrected chi connectivity index (χ3v) is 5.97. The first kappa shape index (κ1) is 23.4. The van der Waals surface area contributed by atoms with Crippen molar-refractivity contribution < 1.29 is 4.79 Å². The lowest BCUT2D eigenvalue weighted by Crippen LogP contribution is -2.48. The highest BCUT2D eigenvalue weighted by Crippen LogP contribution is 2.23. The number of rotatable bonds is 8. The SMILES string of the molecule is CCN(CC)c1ccc(N/C=C(/C#N)C(=O)N2CCN(Cc3ccccc3)CC2)c(C)c1. The maximum atomic E-state index is 12.9. The van der Waals surface area contributed by atoms with Gasteiger partial charge in [0.1, 0.15) is 11.6 Å². The van der Waals surface area contributed by atoms with E-state index < -0.39 is 0 Å². The van der Waals surface area contributed by atoms with E-state index in [9.17, 15) is 10.1 Å². The van der Waals surface area contributed by atoms with Gasteiger partial charge in [0.2, 0.25) is 0 Å². The third-order valence-electron chi connectivity index (χ3n) is 5.97. The number of nitrogens with one attached hydrogen (secondary N) is 1. The van der Waals surface area contributed by atoms with Crippen molar-refractivity contribution in [2.45, 2.75) is 27.3 Å². The molecule has 0 unspecified atom stereocenters. The number of hydrogen-bond acceptors (Lipinski definition) is 5. The smallest absolute Gasteiger partial charge is 0.266 e. The maximum Gasteiger partial charge on any atom is 0.266 e. The van der Waals surface area contributed by atoms with Crippen LogP contribution in [0.3, 0.4) is 0 Å². The van der Waals surface area contributed by atoms with Crippen LogP contribution in [0.4, 0.5) is 11.4 Å². The number of benzene rings is 2. The van der Waals surface area contributed by atoms with Gasteiger partial charge in [0.25, 0.3) is 5.91 Å². The Balaban J connectivity index is 1.58. The summed E-state index contributed by atoms with van der Waals surface area (Å²) in [4.78, 5) is 19.3. The summed E-state index contributed by atoms with van der Waals surface area (Å²) in [6, 6.07) is 18.6. The van der Waals surface area contributed by atoms with Crippen LogP contribution in [-0.2, 0) is 11.3 Å². The predicted molar refractivity (Wildman–Crippen MR) is 130 cm³/mol. The molecular formula is C26H33N5O. The van der Waals surface area contributed by atoms with Gasteiger partial charge in [-0.2, -0.15) is 5.26 Å². The summed E-state index contributed by atoms with van der Waals surface area (Å²) in [6.07, 6.45) is 1.54. The van der Waals surface area contributed by atoms with Gasteiger partial charge in [-0.05, 0) is 50.1 Å². The van der Waals surface area contributed by atoms with Crippen molar-refractivity contribution >= 4 is 17.3 Å². The molecule has 1 aliphatic rings. The Bertz CT molecular complexity index is 967. The number of carbonyl (C=O) groups excluding carboxylic acids is 1. The number of hydrogen-bond donors (Lipinski definition) is 1. The fourth-order valence-corrected chi connectivity index (χ4v) is 4.01. The molecule has 1 aliphatic heterocycles. The first-order valence-electron chi connectivity index (χ1n) is 11.3. The van der Waals surface area contributed by atoms with Crippen LogP contribution < -0.4 is 10.2 Å². The molecule has 1 amide bonds. The van der Waals surface area contributed by atoms with Crippen molar-refractivity contribution in [3.8, 4) is 6.07 Å². The van der Waals surface area contributed by atoms with Crippen LogP contribution in [0.5, 0.6) is 0 Å². The second kappa shape index (κ2) is 11.4. The van der Waals surface area contributed by atoms with Gasteiger partial charge < -0.3 is 15.1 Å². The molecule has 0 aromatic heterocycles. The minimum Gasteiger partial charge on any atom is -0.372 e. The summed E-state index contributed by atoms with van der Waals surface area (Å²) in [7, 11) is 0. The normalized spacial score (nSPS) is 14.7. The summed E-state index contributed by atoms with van der Waals surface area (Å²) in [6.45, 7) is 12.0. The number of nitrogens with zero attached hydrogens (tertiary/aromatic N) is 4. The van der Waals surface area contributed by atoms with E-state index in [4.69, 9.17) is 0 Å². The molecule has 0 atom stereocenters. The number of piperazine rings is 1. The molecule has 168 valence electrons. The molecule has 2 aromatic rings. The minimum absolute atomic E-state index is 0.133. The first-order chi connectivity index (χ1) is 15.5. The zero-order chi connectivity index (χ0) is 22.9. The van der Waals surface area contributed by atoms with Crippen molar-refractivity contribution in [1.82, 2.24) is 9.80 Å². The van der Waals surface area contributed by atoms with Gasteiger partial charge in [-0.3, -0.25) is 9.69 Å². The Morgan fingerprint density at radius 1 is 1.09 bits per heavy atom. The van der Waals surface area contributed by atoms with Crippen molar-refractivity contribution in [2.24, 2.45) is 0 Å². The van der Waals surface area contributed by atoms with Gasteiger partial charge in [-0.1, -0.05) is 30.3 Å². The molecule has 3 rings (SSSR count). The Hall–Kier alpha value is -3.30. The van der Waals surface area contributed by atoms with E-state index in [1.54, 1.807) is 4.90 Å². The van der Waals surface area contributed by atoms with Crippen molar-refractivity contribution in [3.05, 3.63) is 71.4 Å². The molecule has 1 N–H and O–H groups in total. The second-order valence-electron chi connectivity index (χ2n) is 8.04. The topological polar surface area (TPSA) is 62.6 Å². The molecule has 1 saturated heterocycles. The molecule has 0 bridgehead atoms. The predicted octanol–water partition coefficient (Wildman–Crippen LogP) is 4.01. The summed E-state index contributed by atoms with van der Waals surface area (Å²) < 4.78 is 0. The molecule has 0 radical (unpaired) electrons. The lowest BCUT2D eigenvalue weighted by atomic mass is 10.1. The molecule has 2 aromatic carbocycles. The van der Waals surface area contributed by atoms with E-state index in [-0.39, 0.29) is 11.5 Å². The summed E-state index contributed by atoms with van der Waals surface area (Å²) in [5.41, 5.74) is 4.55. The second-order valence-corrected chi connectivity index (χ2v) is 8.04. The number of aryl methyl sites for hydroxylation is 1. The number of nitriles is 1. The average Bonchev–Trinajstić information content (AvgIpc) is 2.82. The van der Waals surface area contributed by atoms with Gasteiger partial charge in [0.15, 0.2) is 0 Å². The highest BCUT2D eigenvalue weighted by molar-refractivity contribution is 5.97. The summed E-state index contributed by atoms with van der Waals surface area (Å²) >= 11 is 0. The Kier molecular flexibility index (Phi) is 8.29. The van der Waals surface area contributed by atoms with Crippen LogP contribution in [0.15, 0.2) is 60.3 Å². The molecule has 6 nitrogen and oxygen atoms in total. The van der Waals surface area contributed by atoms with Gasteiger partial charge in [-0.15, -0.1) is 0 Å².